The van der Waals surface area contributed by atoms with Crippen molar-refractivity contribution in [1.82, 2.24) is 4.90 Å². The third kappa shape index (κ3) is 2.98. The number of carbonyl (C=O) groups is 1. The highest BCUT2D eigenvalue weighted by Crippen LogP contribution is 2.27. The van der Waals surface area contributed by atoms with Crippen LogP contribution in [0, 0.1) is 0 Å². The molecule has 0 saturated heterocycles. The van der Waals surface area contributed by atoms with E-state index in [2.05, 4.69) is 15.9 Å². The van der Waals surface area contributed by atoms with Crippen LogP contribution in [0.4, 0.5) is 0 Å². The number of hydrogen-bond donors (Lipinski definition) is 1. The maximum atomic E-state index is 11.7. The fourth-order valence-electron chi connectivity index (χ4n) is 1.52. The highest BCUT2D eigenvalue weighted by molar-refractivity contribution is 9.09. The summed E-state index contributed by atoms with van der Waals surface area (Å²) in [5.74, 6) is 0.293. The number of amides is 1. The van der Waals surface area contributed by atoms with Gasteiger partial charge in [0.05, 0.1) is 6.04 Å². The first-order valence-corrected chi connectivity index (χ1v) is 6.29. The Bertz CT molecular complexity index is 368. The number of phenols is 1. The molecule has 0 heterocycles. The number of phenolic OH excluding ortho intramolecular Hbond substituents is 1. The van der Waals surface area contributed by atoms with Gasteiger partial charge in [-0.2, -0.15) is 0 Å². The number of nitrogens with zero attached hydrogens (tertiary/aromatic N) is 1. The van der Waals surface area contributed by atoms with E-state index >= 15 is 0 Å². The lowest BCUT2D eigenvalue weighted by Gasteiger charge is -2.25. The lowest BCUT2D eigenvalue weighted by molar-refractivity contribution is -0.131. The number of rotatable bonds is 4. The number of benzene rings is 1. The SMILES string of the molecule is CC(c1ccccc1O)N(C)C(=O)CCBr. The maximum absolute atomic E-state index is 11.7. The first-order chi connectivity index (χ1) is 7.57. The van der Waals surface area contributed by atoms with Gasteiger partial charge < -0.3 is 10.0 Å². The minimum Gasteiger partial charge on any atom is -0.508 e. The first kappa shape index (κ1) is 13.0. The van der Waals surface area contributed by atoms with Crippen molar-refractivity contribution >= 4 is 21.8 Å². The molecule has 0 aliphatic carbocycles. The molecule has 3 nitrogen and oxygen atoms in total. The van der Waals surface area contributed by atoms with Crippen molar-refractivity contribution in [3.05, 3.63) is 29.8 Å². The Labute approximate surface area is 104 Å². The van der Waals surface area contributed by atoms with Gasteiger partial charge in [0.15, 0.2) is 0 Å². The monoisotopic (exact) mass is 285 g/mol. The van der Waals surface area contributed by atoms with Gasteiger partial charge in [0.25, 0.3) is 0 Å². The molecule has 0 aliphatic rings. The molecule has 0 aliphatic heterocycles. The molecule has 0 saturated carbocycles. The lowest BCUT2D eigenvalue weighted by atomic mass is 10.1. The third-order valence-electron chi connectivity index (χ3n) is 2.67. The predicted molar refractivity (Wildman–Crippen MR) is 67.7 cm³/mol. The summed E-state index contributed by atoms with van der Waals surface area (Å²) in [4.78, 5) is 13.3. The molecule has 0 fully saturated rings. The van der Waals surface area contributed by atoms with E-state index in [4.69, 9.17) is 0 Å². The van der Waals surface area contributed by atoms with E-state index in [1.54, 1.807) is 24.1 Å². The lowest BCUT2D eigenvalue weighted by Crippen LogP contribution is -2.29. The maximum Gasteiger partial charge on any atom is 0.223 e. The van der Waals surface area contributed by atoms with Gasteiger partial charge in [-0.15, -0.1) is 0 Å². The van der Waals surface area contributed by atoms with Gasteiger partial charge in [0.1, 0.15) is 5.75 Å². The largest absolute Gasteiger partial charge is 0.508 e. The van der Waals surface area contributed by atoms with Crippen LogP contribution < -0.4 is 0 Å². The van der Waals surface area contributed by atoms with Crippen LogP contribution >= 0.6 is 15.9 Å². The summed E-state index contributed by atoms with van der Waals surface area (Å²) in [5, 5.41) is 10.4. The predicted octanol–water partition coefficient (Wildman–Crippen LogP) is 2.70. The van der Waals surface area contributed by atoms with Crippen molar-refractivity contribution < 1.29 is 9.90 Å². The molecule has 1 N–H and O–H groups in total. The van der Waals surface area contributed by atoms with E-state index in [9.17, 15) is 9.90 Å². The molecule has 16 heavy (non-hydrogen) atoms. The molecule has 1 atom stereocenters. The van der Waals surface area contributed by atoms with Crippen LogP contribution in [0.1, 0.15) is 24.9 Å². The van der Waals surface area contributed by atoms with Gasteiger partial charge in [0, 0.05) is 24.4 Å². The van der Waals surface area contributed by atoms with Crippen LogP contribution in [0.25, 0.3) is 0 Å². The molecule has 0 spiro atoms. The summed E-state index contributed by atoms with van der Waals surface area (Å²) in [7, 11) is 1.75. The Kier molecular flexibility index (Phi) is 4.80. The molecule has 1 aromatic carbocycles. The topological polar surface area (TPSA) is 40.5 Å². The molecule has 88 valence electrons. The Balaban J connectivity index is 2.82. The number of hydrogen-bond acceptors (Lipinski definition) is 2. The van der Waals surface area contributed by atoms with Crippen molar-refractivity contribution in [2.24, 2.45) is 0 Å². The Morgan fingerprint density at radius 3 is 2.69 bits per heavy atom. The first-order valence-electron chi connectivity index (χ1n) is 5.17. The van der Waals surface area contributed by atoms with E-state index in [1.165, 1.54) is 0 Å². The van der Waals surface area contributed by atoms with Crippen LogP contribution in [-0.4, -0.2) is 28.3 Å². The molecule has 0 radical (unpaired) electrons. The van der Waals surface area contributed by atoms with Crippen LogP contribution in [0.5, 0.6) is 5.75 Å². The summed E-state index contributed by atoms with van der Waals surface area (Å²) >= 11 is 3.24. The second-order valence-electron chi connectivity index (χ2n) is 3.68. The summed E-state index contributed by atoms with van der Waals surface area (Å²) in [6, 6.07) is 6.97. The van der Waals surface area contributed by atoms with Crippen molar-refractivity contribution in [1.29, 1.82) is 0 Å². The Morgan fingerprint density at radius 2 is 2.12 bits per heavy atom. The smallest absolute Gasteiger partial charge is 0.223 e. The number of carbonyl (C=O) groups excluding carboxylic acids is 1. The minimum absolute atomic E-state index is 0.0626. The van der Waals surface area contributed by atoms with E-state index in [1.807, 2.05) is 19.1 Å². The standard InChI is InChI=1S/C12H16BrNO2/c1-9(14(2)12(16)7-8-13)10-5-3-4-6-11(10)15/h3-6,9,15H,7-8H2,1-2H3. The van der Waals surface area contributed by atoms with Gasteiger partial charge in [0.2, 0.25) is 5.91 Å². The fraction of sp³-hybridized carbons (Fsp3) is 0.417. The molecule has 1 amide bonds. The minimum atomic E-state index is -0.118. The number of halogens is 1. The second-order valence-corrected chi connectivity index (χ2v) is 4.47. The van der Waals surface area contributed by atoms with E-state index in [0.717, 1.165) is 5.56 Å². The molecule has 0 bridgehead atoms. The summed E-state index contributed by atoms with van der Waals surface area (Å²) < 4.78 is 0. The van der Waals surface area contributed by atoms with Gasteiger partial charge in [-0.1, -0.05) is 34.1 Å². The zero-order valence-corrected chi connectivity index (χ0v) is 11.1. The number of para-hydroxylation sites is 1. The van der Waals surface area contributed by atoms with Gasteiger partial charge in [-0.05, 0) is 13.0 Å². The Morgan fingerprint density at radius 1 is 1.50 bits per heavy atom. The molecule has 4 heteroatoms. The van der Waals surface area contributed by atoms with E-state index < -0.39 is 0 Å². The zero-order chi connectivity index (χ0) is 12.1. The average molecular weight is 286 g/mol. The van der Waals surface area contributed by atoms with Crippen LogP contribution in [0.3, 0.4) is 0 Å². The Hall–Kier alpha value is -1.03. The summed E-state index contributed by atoms with van der Waals surface area (Å²) in [6.45, 7) is 1.90. The molecular weight excluding hydrogens is 270 g/mol. The van der Waals surface area contributed by atoms with Crippen molar-refractivity contribution in [2.75, 3.05) is 12.4 Å². The van der Waals surface area contributed by atoms with E-state index in [-0.39, 0.29) is 17.7 Å². The van der Waals surface area contributed by atoms with E-state index in [0.29, 0.717) is 11.8 Å². The van der Waals surface area contributed by atoms with Crippen molar-refractivity contribution in [3.63, 3.8) is 0 Å². The number of alkyl halides is 1. The second kappa shape index (κ2) is 5.89. The normalized spacial score (nSPS) is 12.2. The van der Waals surface area contributed by atoms with Gasteiger partial charge >= 0.3 is 0 Å². The van der Waals surface area contributed by atoms with Crippen molar-refractivity contribution in [2.45, 2.75) is 19.4 Å². The fourth-order valence-corrected chi connectivity index (χ4v) is 1.86. The highest BCUT2D eigenvalue weighted by atomic mass is 79.9. The highest BCUT2D eigenvalue weighted by Gasteiger charge is 2.18. The molecular formula is C12H16BrNO2. The molecule has 1 unspecified atom stereocenters. The average Bonchev–Trinajstić information content (AvgIpc) is 2.28. The molecule has 1 aromatic rings. The summed E-state index contributed by atoms with van der Waals surface area (Å²) in [6.07, 6.45) is 0.467. The molecule has 1 rings (SSSR count). The zero-order valence-electron chi connectivity index (χ0n) is 9.48. The van der Waals surface area contributed by atoms with Gasteiger partial charge in [-0.25, -0.2) is 0 Å². The van der Waals surface area contributed by atoms with Crippen LogP contribution in [-0.2, 0) is 4.79 Å². The van der Waals surface area contributed by atoms with Crippen molar-refractivity contribution in [3.8, 4) is 5.75 Å². The number of aromatic hydroxyl groups is 1. The van der Waals surface area contributed by atoms with Crippen LogP contribution in [0.15, 0.2) is 24.3 Å². The van der Waals surface area contributed by atoms with Gasteiger partial charge in [-0.3, -0.25) is 4.79 Å². The quantitative estimate of drug-likeness (QED) is 0.864. The third-order valence-corrected chi connectivity index (χ3v) is 3.07. The molecule has 0 aromatic heterocycles. The summed E-state index contributed by atoms with van der Waals surface area (Å²) in [5.41, 5.74) is 0.771. The van der Waals surface area contributed by atoms with Crippen LogP contribution in [0.2, 0.25) is 0 Å².